The molecule has 1 aromatic rings. The van der Waals surface area contributed by atoms with Crippen LogP contribution in [0.5, 0.6) is 0 Å². The van der Waals surface area contributed by atoms with Crippen molar-refractivity contribution in [1.29, 1.82) is 0 Å². The van der Waals surface area contributed by atoms with E-state index < -0.39 is 39.5 Å². The molecule has 234 valence electrons. The molecule has 5 atom stereocenters. The molecule has 0 amide bonds. The Kier molecular flexibility index (Phi) is 9.20. The minimum atomic E-state index is -1.88. The van der Waals surface area contributed by atoms with Gasteiger partial charge in [-0.3, -0.25) is 14.4 Å². The number of ether oxygens (including phenoxy) is 1. The number of aliphatic hydroxyl groups is 1. The fraction of sp³-hybridized carbons (Fsp3) is 0.605. The SMILES string of the molecule is CC(C)=CC[C@H]1C[C@@]2(CC=C(C)C)C(=O)[C@](C(=O)c3ccccc3)(C(=O)C3=C2O[C@@H](C(C)(C)O)C3)[C@]1(C)CCCC(C)C. The standard InChI is InChI=1S/C38H52O5/c1-24(2)14-13-20-36(9)28(18-17-25(3)4)23-37(21-19-26(5)6)33-29(22-30(43-33)35(7,8)42)32(40)38(36,34(37)41)31(39)27-15-11-10-12-16-27/h10-12,15-17,19,24,28,30,42H,13-14,18,20-23H2,1-9H3/t28-,30+,36+,37+,38-/m0/s1. The number of hydrogen-bond donors (Lipinski definition) is 1. The first kappa shape index (κ1) is 33.1. The van der Waals surface area contributed by atoms with Crippen molar-refractivity contribution in [3.05, 3.63) is 70.5 Å². The second kappa shape index (κ2) is 12.0. The van der Waals surface area contributed by atoms with Crippen LogP contribution >= 0.6 is 0 Å². The molecule has 1 heterocycles. The highest BCUT2D eigenvalue weighted by Crippen LogP contribution is 2.69. The predicted octanol–water partition coefficient (Wildman–Crippen LogP) is 8.37. The van der Waals surface area contributed by atoms with Gasteiger partial charge < -0.3 is 9.84 Å². The molecule has 2 aliphatic carbocycles. The normalized spacial score (nSPS) is 30.2. The molecule has 0 saturated heterocycles. The van der Waals surface area contributed by atoms with Crippen LogP contribution in [-0.4, -0.2) is 34.2 Å². The number of hydrogen-bond acceptors (Lipinski definition) is 5. The van der Waals surface area contributed by atoms with Crippen molar-refractivity contribution in [2.75, 3.05) is 0 Å². The number of benzene rings is 1. The zero-order valence-electron chi connectivity index (χ0n) is 27.8. The quantitative estimate of drug-likeness (QED) is 0.160. The second-order valence-corrected chi connectivity index (χ2v) is 15.1. The van der Waals surface area contributed by atoms with Gasteiger partial charge in [-0.05, 0) is 84.5 Å². The van der Waals surface area contributed by atoms with Crippen molar-refractivity contribution in [2.24, 2.45) is 28.1 Å². The molecule has 0 aromatic heterocycles. The van der Waals surface area contributed by atoms with Gasteiger partial charge in [0.05, 0.1) is 11.0 Å². The lowest BCUT2D eigenvalue weighted by Gasteiger charge is -2.60. The summed E-state index contributed by atoms with van der Waals surface area (Å²) in [5, 5.41) is 11.0. The monoisotopic (exact) mass is 588 g/mol. The Hall–Kier alpha value is -2.79. The van der Waals surface area contributed by atoms with E-state index in [2.05, 4.69) is 39.8 Å². The Balaban J connectivity index is 2.08. The van der Waals surface area contributed by atoms with Gasteiger partial charge in [0.25, 0.3) is 0 Å². The van der Waals surface area contributed by atoms with Crippen molar-refractivity contribution in [3.8, 4) is 0 Å². The van der Waals surface area contributed by atoms with Gasteiger partial charge in [-0.15, -0.1) is 0 Å². The third-order valence-corrected chi connectivity index (χ3v) is 10.4. The summed E-state index contributed by atoms with van der Waals surface area (Å²) in [4.78, 5) is 45.9. The summed E-state index contributed by atoms with van der Waals surface area (Å²) in [5.74, 6) is -0.370. The van der Waals surface area contributed by atoms with Crippen molar-refractivity contribution >= 4 is 17.3 Å². The number of fused-ring (bicyclic) bond motifs is 3. The number of ketones is 3. The zero-order valence-corrected chi connectivity index (χ0v) is 27.8. The molecule has 3 aliphatic rings. The third kappa shape index (κ3) is 5.52. The Labute approximate surface area is 258 Å². The van der Waals surface area contributed by atoms with E-state index in [1.54, 1.807) is 38.1 Å². The molecular formula is C38H52O5. The van der Waals surface area contributed by atoms with Gasteiger partial charge in [0.15, 0.2) is 22.8 Å². The highest BCUT2D eigenvalue weighted by atomic mass is 16.5. The van der Waals surface area contributed by atoms with Crippen LogP contribution in [0.4, 0.5) is 0 Å². The molecular weight excluding hydrogens is 536 g/mol. The van der Waals surface area contributed by atoms with Gasteiger partial charge in [0.2, 0.25) is 0 Å². The molecule has 0 unspecified atom stereocenters. The maximum Gasteiger partial charge on any atom is 0.184 e. The summed E-state index contributed by atoms with van der Waals surface area (Å²) in [6, 6.07) is 8.91. The maximum atomic E-state index is 15.5. The van der Waals surface area contributed by atoms with E-state index in [0.717, 1.165) is 18.4 Å². The summed E-state index contributed by atoms with van der Waals surface area (Å²) in [6.07, 6.45) is 7.64. The summed E-state index contributed by atoms with van der Waals surface area (Å²) in [6.45, 7) is 17.9. The van der Waals surface area contributed by atoms with E-state index in [0.29, 0.717) is 48.5 Å². The smallest absolute Gasteiger partial charge is 0.184 e. The van der Waals surface area contributed by atoms with Crippen LogP contribution in [0.2, 0.25) is 0 Å². The van der Waals surface area contributed by atoms with E-state index in [4.69, 9.17) is 4.74 Å². The second-order valence-electron chi connectivity index (χ2n) is 15.1. The summed E-state index contributed by atoms with van der Waals surface area (Å²) in [7, 11) is 0. The van der Waals surface area contributed by atoms with Gasteiger partial charge in [0.1, 0.15) is 11.9 Å². The van der Waals surface area contributed by atoms with Crippen molar-refractivity contribution in [2.45, 2.75) is 119 Å². The molecule has 5 nitrogen and oxygen atoms in total. The number of carbonyl (C=O) groups is 3. The molecule has 2 bridgehead atoms. The Morgan fingerprint density at radius 3 is 2.26 bits per heavy atom. The van der Waals surface area contributed by atoms with Gasteiger partial charge >= 0.3 is 0 Å². The molecule has 1 aliphatic heterocycles. The van der Waals surface area contributed by atoms with E-state index >= 15 is 14.4 Å². The van der Waals surface area contributed by atoms with Crippen LogP contribution in [-0.2, 0) is 14.3 Å². The average Bonchev–Trinajstić information content (AvgIpc) is 3.39. The first-order chi connectivity index (χ1) is 20.0. The van der Waals surface area contributed by atoms with Crippen LogP contribution in [0.1, 0.15) is 118 Å². The summed E-state index contributed by atoms with van der Waals surface area (Å²) < 4.78 is 6.51. The highest BCUT2D eigenvalue weighted by molar-refractivity contribution is 6.36. The van der Waals surface area contributed by atoms with Gasteiger partial charge in [-0.1, -0.05) is 87.2 Å². The van der Waals surface area contributed by atoms with E-state index in [1.165, 1.54) is 5.57 Å². The summed E-state index contributed by atoms with van der Waals surface area (Å²) >= 11 is 0. The fourth-order valence-corrected chi connectivity index (χ4v) is 7.88. The van der Waals surface area contributed by atoms with E-state index in [-0.39, 0.29) is 18.1 Å². The largest absolute Gasteiger partial charge is 0.490 e. The third-order valence-electron chi connectivity index (χ3n) is 10.4. The van der Waals surface area contributed by atoms with E-state index in [9.17, 15) is 5.11 Å². The number of allylic oxidation sites excluding steroid dienone is 5. The van der Waals surface area contributed by atoms with Gasteiger partial charge in [-0.25, -0.2) is 0 Å². The molecule has 0 radical (unpaired) electrons. The number of rotatable bonds is 11. The molecule has 1 fully saturated rings. The molecule has 5 heteroatoms. The van der Waals surface area contributed by atoms with Crippen molar-refractivity contribution in [3.63, 3.8) is 0 Å². The molecule has 1 N–H and O–H groups in total. The lowest BCUT2D eigenvalue weighted by Crippen LogP contribution is -2.70. The Bertz CT molecular complexity index is 1350. The highest BCUT2D eigenvalue weighted by Gasteiger charge is 2.77. The molecule has 1 aromatic carbocycles. The Morgan fingerprint density at radius 2 is 1.70 bits per heavy atom. The first-order valence-corrected chi connectivity index (χ1v) is 16.1. The molecule has 43 heavy (non-hydrogen) atoms. The molecule has 0 spiro atoms. The topological polar surface area (TPSA) is 80.7 Å². The minimum Gasteiger partial charge on any atom is -0.490 e. The van der Waals surface area contributed by atoms with Crippen LogP contribution in [0.15, 0.2) is 65.0 Å². The summed E-state index contributed by atoms with van der Waals surface area (Å²) in [5.41, 5.74) is -2.14. The van der Waals surface area contributed by atoms with Crippen LogP contribution in [0, 0.1) is 28.1 Å². The van der Waals surface area contributed by atoms with Crippen LogP contribution in [0.25, 0.3) is 0 Å². The van der Waals surface area contributed by atoms with Crippen molar-refractivity contribution in [1.82, 2.24) is 0 Å². The average molecular weight is 589 g/mol. The van der Waals surface area contributed by atoms with Gasteiger partial charge in [-0.2, -0.15) is 0 Å². The zero-order chi connectivity index (χ0) is 32.0. The van der Waals surface area contributed by atoms with Crippen molar-refractivity contribution < 1.29 is 24.2 Å². The number of carbonyl (C=O) groups excluding carboxylic acids is 3. The maximum absolute atomic E-state index is 15.5. The Morgan fingerprint density at radius 1 is 1.07 bits per heavy atom. The molecule has 4 rings (SSSR count). The molecule has 1 saturated carbocycles. The van der Waals surface area contributed by atoms with Gasteiger partial charge in [0, 0.05) is 17.6 Å². The van der Waals surface area contributed by atoms with Crippen LogP contribution < -0.4 is 0 Å². The lowest BCUT2D eigenvalue weighted by atomic mass is 9.38. The fourth-order valence-electron chi connectivity index (χ4n) is 7.88. The van der Waals surface area contributed by atoms with Crippen LogP contribution in [0.3, 0.4) is 0 Å². The minimum absolute atomic E-state index is 0.117. The predicted molar refractivity (Wildman–Crippen MR) is 171 cm³/mol. The number of Topliss-reactive ketones (excluding diaryl/α,β-unsaturated/α-hetero) is 3. The first-order valence-electron chi connectivity index (χ1n) is 16.1. The van der Waals surface area contributed by atoms with E-state index in [1.807, 2.05) is 26.8 Å². The lowest BCUT2D eigenvalue weighted by molar-refractivity contribution is -0.168.